The molecule has 0 heterocycles. The number of hydrogen-bond donors (Lipinski definition) is 1. The highest BCUT2D eigenvalue weighted by Crippen LogP contribution is 2.30. The second-order valence-electron chi connectivity index (χ2n) is 5.35. The Balaban J connectivity index is 1.93. The van der Waals surface area contributed by atoms with E-state index in [0.717, 1.165) is 24.3 Å². The number of carbonyl (C=O) groups is 1. The normalized spacial score (nSPS) is 12.1. The van der Waals surface area contributed by atoms with E-state index in [9.17, 15) is 31.1 Å². The van der Waals surface area contributed by atoms with Crippen molar-refractivity contribution in [2.75, 3.05) is 0 Å². The van der Waals surface area contributed by atoms with Crippen LogP contribution in [0.5, 0.6) is 0 Å². The lowest BCUT2D eigenvalue weighted by Crippen LogP contribution is -2.24. The minimum atomic E-state index is -4.47. The summed E-state index contributed by atoms with van der Waals surface area (Å²) in [6, 6.07) is 8.64. The number of benzene rings is 2. The van der Waals surface area contributed by atoms with Gasteiger partial charge in [-0.05, 0) is 35.4 Å². The molecular weight excluding hydrogens is 348 g/mol. The van der Waals surface area contributed by atoms with Crippen molar-refractivity contribution in [3.63, 3.8) is 0 Å². The van der Waals surface area contributed by atoms with Crippen LogP contribution in [0.25, 0.3) is 0 Å². The van der Waals surface area contributed by atoms with E-state index >= 15 is 0 Å². The highest BCUT2D eigenvalue weighted by molar-refractivity contribution is 5.78. The molecule has 0 saturated carbocycles. The van der Waals surface area contributed by atoms with Crippen molar-refractivity contribution in [3.8, 4) is 0 Å². The first-order valence-corrected chi connectivity index (χ1v) is 7.14. The van der Waals surface area contributed by atoms with Crippen LogP contribution in [0.4, 0.5) is 26.3 Å². The maximum atomic E-state index is 12.6. The van der Waals surface area contributed by atoms with Gasteiger partial charge < -0.3 is 5.32 Å². The third kappa shape index (κ3) is 5.51. The van der Waals surface area contributed by atoms with Crippen LogP contribution >= 0.6 is 0 Å². The lowest BCUT2D eigenvalue weighted by Gasteiger charge is -2.10. The fraction of sp³-hybridized carbons (Fsp3) is 0.235. The van der Waals surface area contributed by atoms with Crippen LogP contribution in [-0.2, 0) is 30.1 Å². The third-order valence-corrected chi connectivity index (χ3v) is 3.39. The van der Waals surface area contributed by atoms with E-state index in [-0.39, 0.29) is 18.5 Å². The molecule has 134 valence electrons. The molecule has 0 saturated heterocycles. The van der Waals surface area contributed by atoms with Crippen molar-refractivity contribution in [1.29, 1.82) is 0 Å². The van der Waals surface area contributed by atoms with Gasteiger partial charge in [0.15, 0.2) is 0 Å². The van der Waals surface area contributed by atoms with Gasteiger partial charge in [-0.1, -0.05) is 24.3 Å². The van der Waals surface area contributed by atoms with Gasteiger partial charge >= 0.3 is 12.4 Å². The monoisotopic (exact) mass is 361 g/mol. The summed E-state index contributed by atoms with van der Waals surface area (Å²) in [6.07, 6.45) is -9.10. The van der Waals surface area contributed by atoms with E-state index in [4.69, 9.17) is 0 Å². The highest BCUT2D eigenvalue weighted by Gasteiger charge is 2.31. The lowest BCUT2D eigenvalue weighted by molar-refractivity contribution is -0.138. The summed E-state index contributed by atoms with van der Waals surface area (Å²) in [5, 5.41) is 2.44. The van der Waals surface area contributed by atoms with E-state index in [1.54, 1.807) is 0 Å². The summed E-state index contributed by atoms with van der Waals surface area (Å²) in [5.74, 6) is -0.503. The topological polar surface area (TPSA) is 29.1 Å². The van der Waals surface area contributed by atoms with E-state index in [1.807, 2.05) is 0 Å². The molecule has 2 nitrogen and oxygen atoms in total. The molecule has 0 aliphatic rings. The molecule has 0 radical (unpaired) electrons. The van der Waals surface area contributed by atoms with Crippen LogP contribution < -0.4 is 5.32 Å². The highest BCUT2D eigenvalue weighted by atomic mass is 19.4. The van der Waals surface area contributed by atoms with Crippen LogP contribution in [0.3, 0.4) is 0 Å². The average Bonchev–Trinajstić information content (AvgIpc) is 2.52. The zero-order valence-corrected chi connectivity index (χ0v) is 12.7. The summed E-state index contributed by atoms with van der Waals surface area (Å²) in [6.45, 7) is -0.108. The number of amides is 1. The smallest absolute Gasteiger partial charge is 0.352 e. The minimum Gasteiger partial charge on any atom is -0.352 e. The van der Waals surface area contributed by atoms with Gasteiger partial charge in [-0.3, -0.25) is 4.79 Å². The fourth-order valence-corrected chi connectivity index (χ4v) is 2.12. The van der Waals surface area contributed by atoms with Crippen LogP contribution in [0.1, 0.15) is 22.3 Å². The van der Waals surface area contributed by atoms with Crippen LogP contribution in [0.15, 0.2) is 48.5 Å². The molecule has 0 aliphatic carbocycles. The first-order valence-electron chi connectivity index (χ1n) is 7.14. The molecule has 0 fully saturated rings. The largest absolute Gasteiger partial charge is 0.416 e. The molecule has 1 N–H and O–H groups in total. The molecule has 0 atom stereocenters. The Morgan fingerprint density at radius 2 is 1.40 bits per heavy atom. The molecule has 2 aromatic rings. The average molecular weight is 361 g/mol. The molecule has 1 amide bonds. The van der Waals surface area contributed by atoms with Crippen molar-refractivity contribution in [3.05, 3.63) is 70.8 Å². The predicted molar refractivity (Wildman–Crippen MR) is 78.4 cm³/mol. The Bertz CT molecular complexity index is 734. The van der Waals surface area contributed by atoms with Crippen molar-refractivity contribution >= 4 is 5.91 Å². The molecule has 0 unspecified atom stereocenters. The molecule has 2 rings (SSSR count). The van der Waals surface area contributed by atoms with E-state index < -0.39 is 29.4 Å². The minimum absolute atomic E-state index is 0.108. The summed E-state index contributed by atoms with van der Waals surface area (Å²) in [7, 11) is 0. The first-order chi connectivity index (χ1) is 11.6. The summed E-state index contributed by atoms with van der Waals surface area (Å²) >= 11 is 0. The van der Waals surface area contributed by atoms with Crippen LogP contribution in [0.2, 0.25) is 0 Å². The van der Waals surface area contributed by atoms with E-state index in [0.29, 0.717) is 5.56 Å². The number of rotatable bonds is 4. The van der Waals surface area contributed by atoms with Gasteiger partial charge in [-0.2, -0.15) is 26.3 Å². The van der Waals surface area contributed by atoms with Crippen molar-refractivity contribution in [2.45, 2.75) is 25.3 Å². The third-order valence-electron chi connectivity index (χ3n) is 3.39. The Kier molecular flexibility index (Phi) is 5.39. The quantitative estimate of drug-likeness (QED) is 0.794. The van der Waals surface area contributed by atoms with E-state index in [2.05, 4.69) is 5.32 Å². The molecule has 0 aromatic heterocycles. The number of nitrogens with one attached hydrogen (secondary N) is 1. The van der Waals surface area contributed by atoms with Gasteiger partial charge in [-0.15, -0.1) is 0 Å². The van der Waals surface area contributed by atoms with Crippen molar-refractivity contribution in [1.82, 2.24) is 5.32 Å². The van der Waals surface area contributed by atoms with Gasteiger partial charge in [0.1, 0.15) is 0 Å². The molecule has 0 aliphatic heterocycles. The zero-order chi connectivity index (χ0) is 18.7. The first kappa shape index (κ1) is 18.8. The van der Waals surface area contributed by atoms with Crippen LogP contribution in [0, 0.1) is 0 Å². The standard InChI is InChI=1S/C17H13F6NO/c18-16(19,20)13-6-4-11(5-7-13)9-15(25)24-10-12-2-1-3-14(8-12)17(21,22)23/h1-8H,9-10H2,(H,24,25). The number of carbonyl (C=O) groups excluding carboxylic acids is 1. The van der Waals surface area contributed by atoms with Crippen molar-refractivity contribution < 1.29 is 31.1 Å². The predicted octanol–water partition coefficient (Wildman–Crippen LogP) is 4.58. The van der Waals surface area contributed by atoms with E-state index in [1.165, 1.54) is 24.3 Å². The second kappa shape index (κ2) is 7.16. The lowest BCUT2D eigenvalue weighted by atomic mass is 10.1. The Labute approximate surface area is 139 Å². The molecule has 8 heteroatoms. The van der Waals surface area contributed by atoms with Gasteiger partial charge in [-0.25, -0.2) is 0 Å². The maximum absolute atomic E-state index is 12.6. The van der Waals surface area contributed by atoms with Crippen molar-refractivity contribution in [2.24, 2.45) is 0 Å². The summed E-state index contributed by atoms with van der Waals surface area (Å²) < 4.78 is 75.2. The Morgan fingerprint density at radius 3 is 1.96 bits per heavy atom. The van der Waals surface area contributed by atoms with Gasteiger partial charge in [0.05, 0.1) is 17.5 Å². The molecule has 2 aromatic carbocycles. The summed E-state index contributed by atoms with van der Waals surface area (Å²) in [5.41, 5.74) is -0.993. The second-order valence-corrected chi connectivity index (χ2v) is 5.35. The molecule has 25 heavy (non-hydrogen) atoms. The molecule has 0 bridgehead atoms. The molecule has 0 spiro atoms. The maximum Gasteiger partial charge on any atom is 0.416 e. The SMILES string of the molecule is O=C(Cc1ccc(C(F)(F)F)cc1)NCc1cccc(C(F)(F)F)c1. The zero-order valence-electron chi connectivity index (χ0n) is 12.7. The number of halogens is 6. The van der Waals surface area contributed by atoms with Gasteiger partial charge in [0.2, 0.25) is 5.91 Å². The van der Waals surface area contributed by atoms with Crippen LogP contribution in [-0.4, -0.2) is 5.91 Å². The molecular formula is C17H13F6NO. The van der Waals surface area contributed by atoms with Gasteiger partial charge in [0.25, 0.3) is 0 Å². The number of hydrogen-bond acceptors (Lipinski definition) is 1. The van der Waals surface area contributed by atoms with Gasteiger partial charge in [0, 0.05) is 6.54 Å². The Morgan fingerprint density at radius 1 is 0.800 bits per heavy atom. The number of alkyl halides is 6. The Hall–Kier alpha value is -2.51. The fourth-order valence-electron chi connectivity index (χ4n) is 2.12. The summed E-state index contributed by atoms with van der Waals surface area (Å²) in [4.78, 5) is 11.8.